The molecule has 0 aliphatic heterocycles. The number of hydrogen-bond donors (Lipinski definition) is 2. The number of amides is 1. The first-order valence-electron chi connectivity index (χ1n) is 6.85. The van der Waals surface area contributed by atoms with Crippen molar-refractivity contribution in [2.75, 3.05) is 25.3 Å². The number of ether oxygens (including phenoxy) is 2. The maximum atomic E-state index is 12.5. The van der Waals surface area contributed by atoms with Gasteiger partial charge in [-0.2, -0.15) is 0 Å². The zero-order chi connectivity index (χ0) is 16.8. The molecule has 0 saturated carbocycles. The van der Waals surface area contributed by atoms with E-state index in [4.69, 9.17) is 15.2 Å². The van der Waals surface area contributed by atoms with Crippen molar-refractivity contribution in [1.82, 2.24) is 10.2 Å². The van der Waals surface area contributed by atoms with E-state index >= 15 is 0 Å². The van der Waals surface area contributed by atoms with Crippen molar-refractivity contribution in [2.45, 2.75) is 22.9 Å². The predicted octanol–water partition coefficient (Wildman–Crippen LogP) is 2.65. The average molecular weight is 354 g/mol. The molecule has 0 aliphatic carbocycles. The van der Waals surface area contributed by atoms with E-state index < -0.39 is 0 Å². The number of anilines is 2. The van der Waals surface area contributed by atoms with Gasteiger partial charge < -0.3 is 20.5 Å². The molecule has 2 rings (SSSR count). The van der Waals surface area contributed by atoms with Crippen LogP contribution in [0.4, 0.5) is 10.8 Å². The highest BCUT2D eigenvalue weighted by Crippen LogP contribution is 2.32. The molecular formula is C14H18N4O3S2. The summed E-state index contributed by atoms with van der Waals surface area (Å²) in [5, 5.41) is 10.6. The zero-order valence-corrected chi connectivity index (χ0v) is 14.7. The third kappa shape index (κ3) is 4.49. The molecule has 0 bridgehead atoms. The van der Waals surface area contributed by atoms with E-state index in [-0.39, 0.29) is 11.2 Å². The van der Waals surface area contributed by atoms with Crippen molar-refractivity contribution >= 4 is 39.8 Å². The lowest BCUT2D eigenvalue weighted by Gasteiger charge is -2.15. The molecule has 124 valence electrons. The minimum absolute atomic E-state index is 0.141. The number of methoxy groups -OCH3 is 2. The third-order valence-corrected chi connectivity index (χ3v) is 5.19. The predicted molar refractivity (Wildman–Crippen MR) is 92.4 cm³/mol. The summed E-state index contributed by atoms with van der Waals surface area (Å²) in [6.45, 7) is 1.93. The van der Waals surface area contributed by atoms with Crippen LogP contribution in [0.25, 0.3) is 0 Å². The second-order valence-corrected chi connectivity index (χ2v) is 6.94. The number of nitrogens with zero attached hydrogens (tertiary/aromatic N) is 2. The van der Waals surface area contributed by atoms with E-state index in [1.165, 1.54) is 23.1 Å². The molecule has 0 spiro atoms. The van der Waals surface area contributed by atoms with Crippen LogP contribution < -0.4 is 20.5 Å². The van der Waals surface area contributed by atoms with Crippen molar-refractivity contribution in [1.29, 1.82) is 0 Å². The fourth-order valence-corrected chi connectivity index (χ4v) is 3.64. The third-order valence-electron chi connectivity index (χ3n) is 2.99. The molecule has 0 fully saturated rings. The topological polar surface area (TPSA) is 99.4 Å². The standard InChI is InChI=1S/C14H18N4O3S2/c1-4-11(22-14-18-17-13(15)23-14)12(19)16-9-7-8(20-2)5-6-10(9)21-3/h5-7,11H,4H2,1-3H3,(H2,15,17)(H,16,19). The lowest BCUT2D eigenvalue weighted by Crippen LogP contribution is -2.24. The molecule has 0 aliphatic rings. The summed E-state index contributed by atoms with van der Waals surface area (Å²) in [5.74, 6) is 1.07. The van der Waals surface area contributed by atoms with Gasteiger partial charge in [-0.3, -0.25) is 4.79 Å². The summed E-state index contributed by atoms with van der Waals surface area (Å²) in [7, 11) is 3.12. The average Bonchev–Trinajstić information content (AvgIpc) is 2.97. The van der Waals surface area contributed by atoms with Gasteiger partial charge in [-0.25, -0.2) is 0 Å². The Bertz CT molecular complexity index is 678. The number of rotatable bonds is 7. The summed E-state index contributed by atoms with van der Waals surface area (Å²) >= 11 is 2.60. The number of nitrogen functional groups attached to an aromatic ring is 1. The summed E-state index contributed by atoms with van der Waals surface area (Å²) in [6.07, 6.45) is 0.641. The minimum Gasteiger partial charge on any atom is -0.497 e. The Morgan fingerprint density at radius 1 is 1.39 bits per heavy atom. The Labute approximate surface area is 142 Å². The molecule has 1 aromatic carbocycles. The van der Waals surface area contributed by atoms with E-state index in [1.807, 2.05) is 6.92 Å². The molecule has 1 aromatic heterocycles. The molecule has 7 nitrogen and oxygen atoms in total. The molecule has 2 aromatic rings. The van der Waals surface area contributed by atoms with Crippen molar-refractivity contribution in [2.24, 2.45) is 0 Å². The molecule has 23 heavy (non-hydrogen) atoms. The van der Waals surface area contributed by atoms with Gasteiger partial charge in [0.2, 0.25) is 11.0 Å². The molecule has 1 amide bonds. The van der Waals surface area contributed by atoms with Crippen LogP contribution in [-0.2, 0) is 4.79 Å². The second kappa shape index (κ2) is 8.02. The van der Waals surface area contributed by atoms with E-state index in [0.717, 1.165) is 0 Å². The number of carbonyl (C=O) groups is 1. The van der Waals surface area contributed by atoms with Crippen LogP contribution in [0, 0.1) is 0 Å². The number of nitrogens with two attached hydrogens (primary N) is 1. The van der Waals surface area contributed by atoms with E-state index in [9.17, 15) is 4.79 Å². The van der Waals surface area contributed by atoms with Gasteiger partial charge in [0, 0.05) is 6.07 Å². The maximum Gasteiger partial charge on any atom is 0.238 e. The highest BCUT2D eigenvalue weighted by molar-refractivity contribution is 8.02. The molecule has 9 heteroatoms. The number of thioether (sulfide) groups is 1. The van der Waals surface area contributed by atoms with Crippen LogP contribution in [0.2, 0.25) is 0 Å². The summed E-state index contributed by atoms with van der Waals surface area (Å²) in [6, 6.07) is 5.23. The van der Waals surface area contributed by atoms with Crippen LogP contribution in [-0.4, -0.2) is 35.6 Å². The number of benzene rings is 1. The summed E-state index contributed by atoms with van der Waals surface area (Å²) in [5.41, 5.74) is 6.13. The number of hydrogen-bond acceptors (Lipinski definition) is 8. The fraction of sp³-hybridized carbons (Fsp3) is 0.357. The minimum atomic E-state index is -0.307. The smallest absolute Gasteiger partial charge is 0.238 e. The number of aromatic nitrogens is 2. The van der Waals surface area contributed by atoms with Crippen molar-refractivity contribution in [3.63, 3.8) is 0 Å². The molecular weight excluding hydrogens is 336 g/mol. The highest BCUT2D eigenvalue weighted by atomic mass is 32.2. The Morgan fingerprint density at radius 3 is 2.74 bits per heavy atom. The van der Waals surface area contributed by atoms with Crippen molar-refractivity contribution in [3.8, 4) is 11.5 Å². The van der Waals surface area contributed by atoms with Gasteiger partial charge in [0.05, 0.1) is 25.2 Å². The number of carbonyl (C=O) groups excluding carboxylic acids is 1. The lowest BCUT2D eigenvalue weighted by molar-refractivity contribution is -0.115. The maximum absolute atomic E-state index is 12.5. The largest absolute Gasteiger partial charge is 0.497 e. The Balaban J connectivity index is 2.12. The van der Waals surface area contributed by atoms with Gasteiger partial charge >= 0.3 is 0 Å². The first-order valence-corrected chi connectivity index (χ1v) is 8.55. The van der Waals surface area contributed by atoms with Gasteiger partial charge in [0.15, 0.2) is 4.34 Å². The SMILES string of the molecule is CCC(Sc1nnc(N)s1)C(=O)Nc1cc(OC)ccc1OC. The first kappa shape index (κ1) is 17.4. The van der Waals surface area contributed by atoms with Gasteiger partial charge in [-0.05, 0) is 18.6 Å². The van der Waals surface area contributed by atoms with E-state index in [0.29, 0.717) is 33.1 Å². The van der Waals surface area contributed by atoms with E-state index in [1.54, 1.807) is 32.4 Å². The van der Waals surface area contributed by atoms with Crippen molar-refractivity contribution < 1.29 is 14.3 Å². The van der Waals surface area contributed by atoms with Crippen molar-refractivity contribution in [3.05, 3.63) is 18.2 Å². The van der Waals surface area contributed by atoms with Crippen LogP contribution in [0.5, 0.6) is 11.5 Å². The summed E-state index contributed by atoms with van der Waals surface area (Å²) in [4.78, 5) is 12.5. The number of nitrogens with one attached hydrogen (secondary N) is 1. The van der Waals surface area contributed by atoms with Crippen LogP contribution in [0.15, 0.2) is 22.5 Å². The zero-order valence-electron chi connectivity index (χ0n) is 13.0. The monoisotopic (exact) mass is 354 g/mol. The lowest BCUT2D eigenvalue weighted by atomic mass is 10.2. The molecule has 1 atom stereocenters. The Kier molecular flexibility index (Phi) is 6.05. The van der Waals surface area contributed by atoms with E-state index in [2.05, 4.69) is 15.5 Å². The van der Waals surface area contributed by atoms with Crippen LogP contribution in [0.3, 0.4) is 0 Å². The highest BCUT2D eigenvalue weighted by Gasteiger charge is 2.21. The molecule has 1 heterocycles. The van der Waals surface area contributed by atoms with Gasteiger partial charge in [0.1, 0.15) is 11.5 Å². The molecule has 3 N–H and O–H groups in total. The first-order chi connectivity index (χ1) is 11.1. The Morgan fingerprint density at radius 2 is 2.17 bits per heavy atom. The van der Waals surface area contributed by atoms with Gasteiger partial charge in [-0.1, -0.05) is 30.0 Å². The normalized spacial score (nSPS) is 11.8. The molecule has 1 unspecified atom stereocenters. The summed E-state index contributed by atoms with van der Waals surface area (Å²) < 4.78 is 11.1. The van der Waals surface area contributed by atoms with Crippen LogP contribution >= 0.6 is 23.1 Å². The van der Waals surface area contributed by atoms with Gasteiger partial charge in [-0.15, -0.1) is 10.2 Å². The Hall–Kier alpha value is -2.00. The van der Waals surface area contributed by atoms with Crippen LogP contribution in [0.1, 0.15) is 13.3 Å². The quantitative estimate of drug-likeness (QED) is 0.737. The fourth-order valence-electron chi connectivity index (χ4n) is 1.84. The molecule has 0 saturated heterocycles. The molecule has 0 radical (unpaired) electrons. The second-order valence-electron chi connectivity index (χ2n) is 4.48. The van der Waals surface area contributed by atoms with Gasteiger partial charge in [0.25, 0.3) is 0 Å².